The molecule has 16 nitrogen and oxygen atoms in total. The van der Waals surface area contributed by atoms with Crippen molar-refractivity contribution in [3.05, 3.63) is 77.5 Å². The average molecular weight is 925 g/mol. The summed E-state index contributed by atoms with van der Waals surface area (Å²) in [6.07, 6.45) is 3.18. The third kappa shape index (κ3) is 13.4. The molecule has 4 aromatic rings. The number of carboxylic acids is 1. The fraction of sp³-hybridized carbons (Fsp3) is 0.553. The Morgan fingerprint density at radius 3 is 2.34 bits per heavy atom. The Hall–Kier alpha value is -5.23. The van der Waals surface area contributed by atoms with E-state index in [-0.39, 0.29) is 49.4 Å². The van der Waals surface area contributed by atoms with Crippen molar-refractivity contribution < 1.29 is 47.6 Å². The molecule has 3 heterocycles. The van der Waals surface area contributed by atoms with Crippen LogP contribution in [0.25, 0.3) is 11.0 Å². The van der Waals surface area contributed by atoms with Crippen molar-refractivity contribution in [2.45, 2.75) is 122 Å². The molecule has 1 aliphatic heterocycles. The molecule has 65 heavy (non-hydrogen) atoms. The molecule has 1 aliphatic carbocycles. The van der Waals surface area contributed by atoms with E-state index in [1.807, 2.05) is 33.2 Å². The van der Waals surface area contributed by atoms with Crippen LogP contribution in [0.4, 0.5) is 19.8 Å². The predicted molar refractivity (Wildman–Crippen MR) is 244 cm³/mol. The maximum Gasteiger partial charge on any atom is 0.410 e. The normalized spacial score (nSPS) is 19.8. The van der Waals surface area contributed by atoms with Gasteiger partial charge >= 0.3 is 18.2 Å². The van der Waals surface area contributed by atoms with Crippen molar-refractivity contribution in [1.29, 1.82) is 0 Å². The second kappa shape index (κ2) is 20.5. The number of nitrogens with one attached hydrogen (secondary N) is 2. The van der Waals surface area contributed by atoms with Gasteiger partial charge in [-0.15, -0.1) is 0 Å². The zero-order valence-electron chi connectivity index (χ0n) is 38.7. The lowest BCUT2D eigenvalue weighted by Crippen LogP contribution is -2.46. The number of benzene rings is 2. The lowest BCUT2D eigenvalue weighted by atomic mass is 10.0. The van der Waals surface area contributed by atoms with Crippen LogP contribution in [0.1, 0.15) is 86.3 Å². The highest BCUT2D eigenvalue weighted by molar-refractivity contribution is 6.30. The van der Waals surface area contributed by atoms with Gasteiger partial charge in [0.15, 0.2) is 17.4 Å². The predicted octanol–water partition coefficient (Wildman–Crippen LogP) is 8.68. The highest BCUT2D eigenvalue weighted by atomic mass is 35.5. The molecule has 5 atom stereocenters. The number of hydrogen-bond acceptors (Lipinski definition) is 12. The third-order valence-electron chi connectivity index (χ3n) is 11.1. The number of carboxylic acid groups (broad SMARTS) is 1. The number of carbonyl (C=O) groups is 3. The van der Waals surface area contributed by atoms with Crippen LogP contribution in [0.2, 0.25) is 5.02 Å². The lowest BCUT2D eigenvalue weighted by Gasteiger charge is -2.31. The first-order valence-electron chi connectivity index (χ1n) is 22.1. The summed E-state index contributed by atoms with van der Waals surface area (Å²) in [5.74, 6) is -1.42. The number of nitrogens with zero attached hydrogens (tertiary/aromatic N) is 5. The fourth-order valence-corrected chi connectivity index (χ4v) is 8.50. The summed E-state index contributed by atoms with van der Waals surface area (Å²) in [6.45, 7) is 16.1. The van der Waals surface area contributed by atoms with Crippen LogP contribution in [-0.2, 0) is 30.2 Å². The average Bonchev–Trinajstić information content (AvgIpc) is 3.88. The Morgan fingerprint density at radius 1 is 0.969 bits per heavy atom. The number of alkyl carbamates (subject to hydrolysis) is 1. The van der Waals surface area contributed by atoms with Crippen LogP contribution in [0.5, 0.6) is 11.5 Å². The minimum Gasteiger partial charge on any atom is -0.480 e. The Morgan fingerprint density at radius 2 is 1.68 bits per heavy atom. The van der Waals surface area contributed by atoms with Gasteiger partial charge in [0, 0.05) is 50.4 Å². The first-order chi connectivity index (χ1) is 30.6. The second-order valence-electron chi connectivity index (χ2n) is 19.1. The quantitative estimate of drug-likeness (QED) is 0.0864. The van der Waals surface area contributed by atoms with Gasteiger partial charge in [-0.25, -0.2) is 28.7 Å². The molecule has 6 rings (SSSR count). The molecule has 18 heteroatoms. The van der Waals surface area contributed by atoms with Crippen LogP contribution in [0.15, 0.2) is 61.1 Å². The topological polar surface area (TPSA) is 179 Å². The summed E-state index contributed by atoms with van der Waals surface area (Å²) in [5.41, 5.74) is -0.153. The number of carbonyl (C=O) groups excluding carboxylic acids is 2. The summed E-state index contributed by atoms with van der Waals surface area (Å²) in [6, 6.07) is 12.0. The molecule has 0 radical (unpaired) electrons. The van der Waals surface area contributed by atoms with E-state index in [1.54, 1.807) is 82.8 Å². The number of halogens is 2. The molecule has 0 bridgehead atoms. The van der Waals surface area contributed by atoms with Gasteiger partial charge in [0.25, 0.3) is 0 Å². The van der Waals surface area contributed by atoms with Gasteiger partial charge in [0.2, 0.25) is 0 Å². The van der Waals surface area contributed by atoms with E-state index in [0.717, 1.165) is 11.0 Å². The van der Waals surface area contributed by atoms with Crippen molar-refractivity contribution in [1.82, 2.24) is 29.7 Å². The standard InChI is InChI=1S/C47H63ClFN7O9/c1-45(2,3)64-43(59)53-35(42(57)58)19-22-54(27-30-26-36(39-38(30)62-47(7,8)63-39)56-24-18-33-40(50-9)51-28-52-41(33)56)20-10-21-55(44(60)65-46(4,5)6)23-17-29-11-16-37(34(49)25-29)61-32-14-12-31(48)13-15-32/h11-16,18,24-25,28,30,35-36,38-39H,10,17,19-23,26-27H2,1-9H3,(H,53,59)(H,57,58)(H,50,51,52)/t30-,35?,36-,38-,39+/m1/s1. The smallest absolute Gasteiger partial charge is 0.410 e. The van der Waals surface area contributed by atoms with Gasteiger partial charge in [0.05, 0.1) is 17.5 Å². The summed E-state index contributed by atoms with van der Waals surface area (Å²) in [5, 5.41) is 17.3. The van der Waals surface area contributed by atoms with Gasteiger partial charge in [-0.05, 0) is 136 Å². The highest BCUT2D eigenvalue weighted by Crippen LogP contribution is 2.48. The number of aliphatic carboxylic acids is 1. The number of fused-ring (bicyclic) bond motifs is 2. The lowest BCUT2D eigenvalue weighted by molar-refractivity contribution is -0.161. The third-order valence-corrected chi connectivity index (χ3v) is 11.4. The molecule has 2 aromatic carbocycles. The largest absolute Gasteiger partial charge is 0.480 e. The van der Waals surface area contributed by atoms with Crippen molar-refractivity contribution >= 4 is 46.6 Å². The van der Waals surface area contributed by atoms with Gasteiger partial charge in [-0.3, -0.25) is 0 Å². The molecular weight excluding hydrogens is 861 g/mol. The molecule has 2 fully saturated rings. The van der Waals surface area contributed by atoms with E-state index in [9.17, 15) is 19.5 Å². The Bertz CT molecular complexity index is 2280. The van der Waals surface area contributed by atoms with Gasteiger partial charge in [-0.2, -0.15) is 0 Å². The number of ether oxygens (including phenoxy) is 5. The van der Waals surface area contributed by atoms with Crippen LogP contribution in [-0.4, -0.2) is 123 Å². The Kier molecular flexibility index (Phi) is 15.5. The van der Waals surface area contributed by atoms with Crippen molar-refractivity contribution in [3.63, 3.8) is 0 Å². The molecule has 0 spiro atoms. The van der Waals surface area contributed by atoms with Crippen molar-refractivity contribution in [3.8, 4) is 11.5 Å². The summed E-state index contributed by atoms with van der Waals surface area (Å²) >= 11 is 5.98. The van der Waals surface area contributed by atoms with Crippen LogP contribution < -0.4 is 15.4 Å². The summed E-state index contributed by atoms with van der Waals surface area (Å²) in [4.78, 5) is 51.6. The van der Waals surface area contributed by atoms with Crippen LogP contribution >= 0.6 is 11.6 Å². The molecule has 1 unspecified atom stereocenters. The summed E-state index contributed by atoms with van der Waals surface area (Å²) in [7, 11) is 1.82. The van der Waals surface area contributed by atoms with E-state index in [4.69, 9.17) is 35.3 Å². The number of amides is 2. The molecule has 354 valence electrons. The van der Waals surface area contributed by atoms with Gasteiger partial charge in [-0.1, -0.05) is 17.7 Å². The molecule has 1 saturated carbocycles. The highest BCUT2D eigenvalue weighted by Gasteiger charge is 2.55. The fourth-order valence-electron chi connectivity index (χ4n) is 8.37. The molecule has 2 aromatic heterocycles. The summed E-state index contributed by atoms with van der Waals surface area (Å²) < 4.78 is 47.5. The van der Waals surface area contributed by atoms with Crippen LogP contribution in [0, 0.1) is 11.7 Å². The first-order valence-corrected chi connectivity index (χ1v) is 22.4. The zero-order valence-corrected chi connectivity index (χ0v) is 39.5. The van der Waals surface area contributed by atoms with E-state index < -0.39 is 47.0 Å². The molecule has 3 N–H and O–H groups in total. The van der Waals surface area contributed by atoms with E-state index in [2.05, 4.69) is 30.1 Å². The monoisotopic (exact) mass is 923 g/mol. The van der Waals surface area contributed by atoms with Gasteiger partial charge < -0.3 is 53.8 Å². The second-order valence-corrected chi connectivity index (χ2v) is 19.5. The van der Waals surface area contributed by atoms with Crippen molar-refractivity contribution in [2.24, 2.45) is 5.92 Å². The SMILES string of the molecule is CNc1ncnc2c1ccn2[C@@H]1C[C@H](CN(CCCN(CCc2ccc(Oc3ccc(Cl)cc3)c(F)c2)C(=O)OC(C)(C)C)CCC(NC(=O)OC(C)(C)C)C(=O)O)[C@H]2OC(C)(C)O[C@H]21. The minimum absolute atomic E-state index is 0.0552. The number of hydrogen-bond donors (Lipinski definition) is 3. The number of aromatic nitrogens is 3. The number of rotatable bonds is 18. The maximum atomic E-state index is 15.3. The Labute approximate surface area is 385 Å². The van der Waals surface area contributed by atoms with E-state index in [1.165, 1.54) is 12.4 Å². The molecule has 2 aliphatic rings. The molecular formula is C47H63ClFN7O9. The number of anilines is 1. The van der Waals surface area contributed by atoms with Crippen molar-refractivity contribution in [2.75, 3.05) is 45.1 Å². The van der Waals surface area contributed by atoms with Gasteiger partial charge in [0.1, 0.15) is 46.9 Å². The molecule has 2 amide bonds. The van der Waals surface area contributed by atoms with E-state index in [0.29, 0.717) is 61.1 Å². The Balaban J connectivity index is 1.20. The molecule has 1 saturated heterocycles. The minimum atomic E-state index is -1.23. The van der Waals surface area contributed by atoms with E-state index >= 15 is 4.39 Å². The zero-order chi connectivity index (χ0) is 47.3. The first kappa shape index (κ1) is 49.2. The maximum absolute atomic E-state index is 15.3. The van der Waals surface area contributed by atoms with Crippen LogP contribution in [0.3, 0.4) is 0 Å².